The molecular formula is C12H15NO2. The van der Waals surface area contributed by atoms with Gasteiger partial charge in [0.15, 0.2) is 0 Å². The zero-order valence-electron chi connectivity index (χ0n) is 8.73. The summed E-state index contributed by atoms with van der Waals surface area (Å²) in [7, 11) is 0. The predicted molar refractivity (Wildman–Crippen MR) is 61.3 cm³/mol. The van der Waals surface area contributed by atoms with Gasteiger partial charge in [-0.2, -0.15) is 0 Å². The van der Waals surface area contributed by atoms with Crippen molar-refractivity contribution in [2.24, 2.45) is 0 Å². The number of rotatable bonds is 5. The smallest absolute Gasteiger partial charge is 0.267 e. The maximum absolute atomic E-state index is 10.7. The van der Waals surface area contributed by atoms with E-state index >= 15 is 0 Å². The number of allylic oxidation sites excluding steroid dienone is 7. The van der Waals surface area contributed by atoms with E-state index in [1.807, 2.05) is 13.0 Å². The van der Waals surface area contributed by atoms with Gasteiger partial charge in [-0.25, -0.2) is 5.48 Å². The van der Waals surface area contributed by atoms with Crippen molar-refractivity contribution < 1.29 is 10.0 Å². The lowest BCUT2D eigenvalue weighted by atomic mass is 10.2. The first-order valence-corrected chi connectivity index (χ1v) is 4.39. The number of hydroxylamine groups is 1. The Hall–Kier alpha value is -1.87. The summed E-state index contributed by atoms with van der Waals surface area (Å²) in [6.45, 7) is 9.12. The first-order chi connectivity index (χ1) is 7.13. The van der Waals surface area contributed by atoms with Crippen molar-refractivity contribution in [3.63, 3.8) is 0 Å². The Morgan fingerprint density at radius 2 is 1.87 bits per heavy atom. The number of carbonyl (C=O) groups is 1. The average Bonchev–Trinajstić information content (AvgIpc) is 2.28. The Bertz CT molecular complexity index is 336. The van der Waals surface area contributed by atoms with E-state index in [1.54, 1.807) is 24.3 Å². The minimum Gasteiger partial charge on any atom is -0.288 e. The van der Waals surface area contributed by atoms with Crippen LogP contribution in [-0.4, -0.2) is 11.1 Å². The quantitative estimate of drug-likeness (QED) is 0.313. The molecule has 0 fully saturated rings. The van der Waals surface area contributed by atoms with Crippen LogP contribution in [0.5, 0.6) is 0 Å². The van der Waals surface area contributed by atoms with Crippen LogP contribution in [0.1, 0.15) is 6.92 Å². The summed E-state index contributed by atoms with van der Waals surface area (Å²) in [5.41, 5.74) is 3.27. The predicted octanol–water partition coefficient (Wildman–Crippen LogP) is 2.29. The second-order valence-corrected chi connectivity index (χ2v) is 2.79. The standard InChI is InChI=1S/C12H15NO2/c1-4-10(3)6-7-11(5-2)8-9-12(14)13-15/h4-9,15H,1-2H2,3H3,(H,13,14)/b9-8+,10-6-,11-7+. The second-order valence-electron chi connectivity index (χ2n) is 2.79. The molecule has 0 aliphatic heterocycles. The SMILES string of the molecule is C=C\C(C)=C/C=C(C=C)/C=C/C(=O)NO. The normalized spacial score (nSPS) is 12.7. The molecule has 0 saturated carbocycles. The molecule has 0 spiro atoms. The molecule has 0 unspecified atom stereocenters. The summed E-state index contributed by atoms with van der Waals surface area (Å²) in [5, 5.41) is 8.26. The van der Waals surface area contributed by atoms with Crippen molar-refractivity contribution in [3.8, 4) is 0 Å². The topological polar surface area (TPSA) is 49.3 Å². The third-order valence-electron chi connectivity index (χ3n) is 1.63. The Labute approximate surface area is 89.8 Å². The van der Waals surface area contributed by atoms with Crippen LogP contribution >= 0.6 is 0 Å². The van der Waals surface area contributed by atoms with Crippen molar-refractivity contribution in [2.75, 3.05) is 0 Å². The lowest BCUT2D eigenvalue weighted by molar-refractivity contribution is -0.124. The molecule has 0 heterocycles. The van der Waals surface area contributed by atoms with Crippen LogP contribution in [0.25, 0.3) is 0 Å². The third-order valence-corrected chi connectivity index (χ3v) is 1.63. The Morgan fingerprint density at radius 1 is 1.20 bits per heavy atom. The van der Waals surface area contributed by atoms with Gasteiger partial charge >= 0.3 is 0 Å². The Kier molecular flexibility index (Phi) is 6.59. The molecule has 0 saturated heterocycles. The van der Waals surface area contributed by atoms with Crippen molar-refractivity contribution in [1.82, 2.24) is 5.48 Å². The van der Waals surface area contributed by atoms with Gasteiger partial charge in [0, 0.05) is 6.08 Å². The molecule has 3 heteroatoms. The van der Waals surface area contributed by atoms with Crippen molar-refractivity contribution in [2.45, 2.75) is 6.92 Å². The fraction of sp³-hybridized carbons (Fsp3) is 0.0833. The lowest BCUT2D eigenvalue weighted by Gasteiger charge is -1.92. The molecule has 0 radical (unpaired) electrons. The molecule has 0 bridgehead atoms. The number of nitrogens with one attached hydrogen (secondary N) is 1. The molecule has 80 valence electrons. The largest absolute Gasteiger partial charge is 0.288 e. The van der Waals surface area contributed by atoms with Gasteiger partial charge in [-0.1, -0.05) is 43.0 Å². The molecule has 15 heavy (non-hydrogen) atoms. The first kappa shape index (κ1) is 13.1. The zero-order valence-corrected chi connectivity index (χ0v) is 8.73. The van der Waals surface area contributed by atoms with Gasteiger partial charge in [0.2, 0.25) is 0 Å². The van der Waals surface area contributed by atoms with E-state index in [9.17, 15) is 4.79 Å². The first-order valence-electron chi connectivity index (χ1n) is 4.39. The second kappa shape index (κ2) is 7.53. The van der Waals surface area contributed by atoms with Crippen LogP contribution in [0.4, 0.5) is 0 Å². The number of carbonyl (C=O) groups excluding carboxylic acids is 1. The summed E-state index contributed by atoms with van der Waals surface area (Å²) in [4.78, 5) is 10.7. The van der Waals surface area contributed by atoms with Crippen LogP contribution in [0.3, 0.4) is 0 Å². The Balaban J connectivity index is 4.63. The highest BCUT2D eigenvalue weighted by molar-refractivity contribution is 5.87. The van der Waals surface area contributed by atoms with Crippen LogP contribution < -0.4 is 5.48 Å². The van der Waals surface area contributed by atoms with Crippen LogP contribution in [-0.2, 0) is 4.79 Å². The van der Waals surface area contributed by atoms with E-state index in [2.05, 4.69) is 13.2 Å². The summed E-state index contributed by atoms with van der Waals surface area (Å²) < 4.78 is 0. The lowest BCUT2D eigenvalue weighted by Crippen LogP contribution is -2.14. The van der Waals surface area contributed by atoms with E-state index in [0.29, 0.717) is 0 Å². The minimum atomic E-state index is -0.577. The zero-order chi connectivity index (χ0) is 11.7. The van der Waals surface area contributed by atoms with Gasteiger partial charge in [-0.15, -0.1) is 0 Å². The maximum Gasteiger partial charge on any atom is 0.267 e. The third kappa shape index (κ3) is 6.23. The highest BCUT2D eigenvalue weighted by Gasteiger charge is 1.89. The number of hydrogen-bond donors (Lipinski definition) is 2. The van der Waals surface area contributed by atoms with Gasteiger partial charge in [-0.05, 0) is 18.6 Å². The van der Waals surface area contributed by atoms with Gasteiger partial charge < -0.3 is 0 Å². The minimum absolute atomic E-state index is 0.577. The fourth-order valence-corrected chi connectivity index (χ4v) is 0.697. The highest BCUT2D eigenvalue weighted by Crippen LogP contribution is 2.01. The van der Waals surface area contributed by atoms with Crippen molar-refractivity contribution >= 4 is 5.91 Å². The molecule has 0 aliphatic carbocycles. The maximum atomic E-state index is 10.7. The molecule has 2 N–H and O–H groups in total. The summed E-state index contributed by atoms with van der Waals surface area (Å²) in [6.07, 6.45) is 9.74. The molecule has 0 atom stereocenters. The van der Waals surface area contributed by atoms with Gasteiger partial charge in [0.25, 0.3) is 5.91 Å². The van der Waals surface area contributed by atoms with Crippen LogP contribution in [0.2, 0.25) is 0 Å². The average molecular weight is 205 g/mol. The van der Waals surface area contributed by atoms with Gasteiger partial charge in [0.1, 0.15) is 0 Å². The van der Waals surface area contributed by atoms with E-state index in [0.717, 1.165) is 11.1 Å². The molecular weight excluding hydrogens is 190 g/mol. The molecule has 0 aliphatic rings. The van der Waals surface area contributed by atoms with Gasteiger partial charge in [0.05, 0.1) is 0 Å². The Morgan fingerprint density at radius 3 is 2.33 bits per heavy atom. The van der Waals surface area contributed by atoms with E-state index in [-0.39, 0.29) is 0 Å². The summed E-state index contributed by atoms with van der Waals surface area (Å²) in [6, 6.07) is 0. The van der Waals surface area contributed by atoms with Crippen molar-refractivity contribution in [3.05, 3.63) is 60.8 Å². The van der Waals surface area contributed by atoms with E-state index in [4.69, 9.17) is 5.21 Å². The number of hydrogen-bond acceptors (Lipinski definition) is 2. The molecule has 0 rings (SSSR count). The number of amides is 1. The van der Waals surface area contributed by atoms with Gasteiger partial charge in [-0.3, -0.25) is 10.0 Å². The fourth-order valence-electron chi connectivity index (χ4n) is 0.697. The summed E-state index contributed by atoms with van der Waals surface area (Å²) >= 11 is 0. The molecule has 0 aromatic carbocycles. The van der Waals surface area contributed by atoms with E-state index < -0.39 is 5.91 Å². The van der Waals surface area contributed by atoms with Crippen LogP contribution in [0, 0.1) is 0 Å². The van der Waals surface area contributed by atoms with Crippen molar-refractivity contribution in [1.29, 1.82) is 0 Å². The monoisotopic (exact) mass is 205 g/mol. The summed E-state index contributed by atoms with van der Waals surface area (Å²) in [5.74, 6) is -0.577. The highest BCUT2D eigenvalue weighted by atomic mass is 16.5. The molecule has 0 aromatic heterocycles. The molecule has 3 nitrogen and oxygen atoms in total. The molecule has 1 amide bonds. The van der Waals surface area contributed by atoms with E-state index in [1.165, 1.54) is 11.6 Å². The molecule has 0 aromatic rings. The van der Waals surface area contributed by atoms with Crippen LogP contribution in [0.15, 0.2) is 60.8 Å².